The molecule has 0 bridgehead atoms. The number of nitrogens with one attached hydrogen (secondary N) is 1. The van der Waals surface area contributed by atoms with E-state index in [2.05, 4.69) is 20.2 Å². The molecule has 19 heavy (non-hydrogen) atoms. The lowest BCUT2D eigenvalue weighted by atomic mass is 10.3. The summed E-state index contributed by atoms with van der Waals surface area (Å²) in [5, 5.41) is 7.07. The van der Waals surface area contributed by atoms with Crippen LogP contribution in [0.25, 0.3) is 10.2 Å². The number of H-pyrrole nitrogens is 1. The number of aryl methyl sites for hydroxylation is 1. The maximum absolute atomic E-state index is 13.1. The molecule has 1 atom stereocenters. The fourth-order valence-electron chi connectivity index (χ4n) is 1.68. The number of hydrogen-bond acceptors (Lipinski definition) is 5. The molecule has 4 nitrogen and oxygen atoms in total. The molecular formula is C12H11FN4S2. The van der Waals surface area contributed by atoms with E-state index >= 15 is 0 Å². The lowest BCUT2D eigenvalue weighted by molar-refractivity contribution is 0.629. The molecule has 98 valence electrons. The van der Waals surface area contributed by atoms with Crippen molar-refractivity contribution in [1.82, 2.24) is 20.2 Å². The van der Waals surface area contributed by atoms with Crippen molar-refractivity contribution in [2.24, 2.45) is 0 Å². The van der Waals surface area contributed by atoms with Crippen LogP contribution in [0.15, 0.2) is 22.5 Å². The van der Waals surface area contributed by atoms with E-state index in [1.54, 1.807) is 29.2 Å². The Labute approximate surface area is 117 Å². The number of hydrogen-bond donors (Lipinski definition) is 1. The summed E-state index contributed by atoms with van der Waals surface area (Å²) in [5.41, 5.74) is 0.700. The third-order valence-corrected chi connectivity index (χ3v) is 4.81. The van der Waals surface area contributed by atoms with Crippen molar-refractivity contribution in [2.45, 2.75) is 23.4 Å². The highest BCUT2D eigenvalue weighted by molar-refractivity contribution is 8.01. The summed E-state index contributed by atoms with van der Waals surface area (Å²) >= 11 is 3.14. The Morgan fingerprint density at radius 2 is 2.21 bits per heavy atom. The number of aromatic amines is 1. The predicted octanol–water partition coefficient (Wildman–Crippen LogP) is 3.72. The van der Waals surface area contributed by atoms with E-state index in [1.165, 1.54) is 12.1 Å². The Kier molecular flexibility index (Phi) is 3.24. The van der Waals surface area contributed by atoms with Gasteiger partial charge in [-0.15, -0.1) is 11.3 Å². The molecule has 0 spiro atoms. The molecule has 2 heterocycles. The topological polar surface area (TPSA) is 54.5 Å². The summed E-state index contributed by atoms with van der Waals surface area (Å²) in [6.45, 7) is 3.90. The van der Waals surface area contributed by atoms with Crippen molar-refractivity contribution in [1.29, 1.82) is 0 Å². The maximum Gasteiger partial charge on any atom is 0.163 e. The Hall–Kier alpha value is -1.47. The van der Waals surface area contributed by atoms with Crippen LogP contribution in [0.4, 0.5) is 4.39 Å². The van der Waals surface area contributed by atoms with Crippen molar-refractivity contribution in [3.05, 3.63) is 35.7 Å². The maximum atomic E-state index is 13.1. The van der Waals surface area contributed by atoms with Crippen LogP contribution in [0, 0.1) is 12.7 Å². The number of nitrogens with zero attached hydrogens (tertiary/aromatic N) is 3. The molecule has 0 amide bonds. The van der Waals surface area contributed by atoms with Crippen LogP contribution >= 0.6 is 23.1 Å². The van der Waals surface area contributed by atoms with Gasteiger partial charge in [0.25, 0.3) is 0 Å². The lowest BCUT2D eigenvalue weighted by Gasteiger charge is -2.02. The van der Waals surface area contributed by atoms with Gasteiger partial charge in [0.2, 0.25) is 0 Å². The number of thioether (sulfide) groups is 1. The number of fused-ring (bicyclic) bond motifs is 1. The van der Waals surface area contributed by atoms with Gasteiger partial charge in [0.1, 0.15) is 11.6 Å². The van der Waals surface area contributed by atoms with Gasteiger partial charge < -0.3 is 0 Å². The Morgan fingerprint density at radius 3 is 2.95 bits per heavy atom. The molecule has 0 aliphatic carbocycles. The minimum absolute atomic E-state index is 0.107. The standard InChI is InChI=1S/C12H11FN4S2/c1-6(11-14-7(2)16-17-11)18-12-15-9-5-8(13)3-4-10(9)19-12/h3-6H,1-2H3,(H,14,16,17). The zero-order valence-electron chi connectivity index (χ0n) is 10.3. The molecule has 0 saturated carbocycles. The summed E-state index contributed by atoms with van der Waals surface area (Å²) in [7, 11) is 0. The van der Waals surface area contributed by atoms with Crippen LogP contribution in [-0.4, -0.2) is 20.2 Å². The van der Waals surface area contributed by atoms with Gasteiger partial charge in [0, 0.05) is 6.07 Å². The van der Waals surface area contributed by atoms with Crippen molar-refractivity contribution in [3.8, 4) is 0 Å². The molecule has 3 aromatic rings. The highest BCUT2D eigenvalue weighted by Crippen LogP contribution is 2.37. The van der Waals surface area contributed by atoms with E-state index in [0.29, 0.717) is 5.52 Å². The second kappa shape index (κ2) is 4.90. The lowest BCUT2D eigenvalue weighted by Crippen LogP contribution is -1.91. The Bertz CT molecular complexity index is 721. The quantitative estimate of drug-likeness (QED) is 0.748. The van der Waals surface area contributed by atoms with Crippen molar-refractivity contribution < 1.29 is 4.39 Å². The SMILES string of the molecule is Cc1nc(C(C)Sc2nc3cc(F)ccc3s2)n[nH]1. The smallest absolute Gasteiger partial charge is 0.163 e. The molecule has 0 aliphatic rings. The first-order chi connectivity index (χ1) is 9.11. The number of halogens is 1. The number of benzene rings is 1. The molecule has 1 aromatic carbocycles. The van der Waals surface area contributed by atoms with Crippen LogP contribution in [0.1, 0.15) is 23.8 Å². The fraction of sp³-hybridized carbons (Fsp3) is 0.250. The second-order valence-corrected chi connectivity index (χ2v) is 6.75. The van der Waals surface area contributed by atoms with Crippen LogP contribution in [0.3, 0.4) is 0 Å². The number of aromatic nitrogens is 4. The van der Waals surface area contributed by atoms with E-state index in [4.69, 9.17) is 0 Å². The van der Waals surface area contributed by atoms with Gasteiger partial charge in [-0.2, -0.15) is 5.10 Å². The average molecular weight is 294 g/mol. The van der Waals surface area contributed by atoms with Crippen LogP contribution < -0.4 is 0 Å². The molecule has 3 rings (SSSR count). The largest absolute Gasteiger partial charge is 0.263 e. The van der Waals surface area contributed by atoms with Crippen molar-refractivity contribution >= 4 is 33.3 Å². The van der Waals surface area contributed by atoms with E-state index in [0.717, 1.165) is 20.7 Å². The van der Waals surface area contributed by atoms with Gasteiger partial charge in [-0.05, 0) is 26.0 Å². The zero-order valence-corrected chi connectivity index (χ0v) is 12.0. The molecule has 1 unspecified atom stereocenters. The molecule has 0 saturated heterocycles. The minimum Gasteiger partial charge on any atom is -0.263 e. The van der Waals surface area contributed by atoms with Gasteiger partial charge in [-0.1, -0.05) is 11.8 Å². The van der Waals surface area contributed by atoms with Crippen LogP contribution in [0.2, 0.25) is 0 Å². The molecule has 1 N–H and O–H groups in total. The highest BCUT2D eigenvalue weighted by atomic mass is 32.2. The third-order valence-electron chi connectivity index (χ3n) is 2.59. The van der Waals surface area contributed by atoms with E-state index in [9.17, 15) is 4.39 Å². The summed E-state index contributed by atoms with van der Waals surface area (Å²) in [5.74, 6) is 1.30. The first-order valence-corrected chi connectivity index (χ1v) is 7.43. The Balaban J connectivity index is 1.85. The molecule has 2 aromatic heterocycles. The summed E-state index contributed by atoms with van der Waals surface area (Å²) in [4.78, 5) is 8.73. The first-order valence-electron chi connectivity index (χ1n) is 5.73. The van der Waals surface area contributed by atoms with Crippen LogP contribution in [-0.2, 0) is 0 Å². The summed E-state index contributed by atoms with van der Waals surface area (Å²) < 4.78 is 15.0. The summed E-state index contributed by atoms with van der Waals surface area (Å²) in [6.07, 6.45) is 0. The van der Waals surface area contributed by atoms with Crippen LogP contribution in [0.5, 0.6) is 0 Å². The van der Waals surface area contributed by atoms with Gasteiger partial charge in [0.15, 0.2) is 10.2 Å². The minimum atomic E-state index is -0.257. The molecule has 0 fully saturated rings. The normalized spacial score (nSPS) is 13.0. The van der Waals surface area contributed by atoms with Crippen molar-refractivity contribution in [3.63, 3.8) is 0 Å². The van der Waals surface area contributed by atoms with E-state index in [1.807, 2.05) is 13.8 Å². The Morgan fingerprint density at radius 1 is 1.37 bits per heavy atom. The third kappa shape index (κ3) is 2.62. The zero-order chi connectivity index (χ0) is 13.4. The van der Waals surface area contributed by atoms with Gasteiger partial charge in [-0.25, -0.2) is 14.4 Å². The van der Waals surface area contributed by atoms with Gasteiger partial charge >= 0.3 is 0 Å². The second-order valence-electron chi connectivity index (χ2n) is 4.13. The summed E-state index contributed by atoms with van der Waals surface area (Å²) in [6, 6.07) is 4.67. The van der Waals surface area contributed by atoms with Gasteiger partial charge in [-0.3, -0.25) is 5.10 Å². The number of rotatable bonds is 3. The van der Waals surface area contributed by atoms with E-state index in [-0.39, 0.29) is 11.1 Å². The molecule has 0 radical (unpaired) electrons. The van der Waals surface area contributed by atoms with E-state index < -0.39 is 0 Å². The van der Waals surface area contributed by atoms with Gasteiger partial charge in [0.05, 0.1) is 15.5 Å². The monoisotopic (exact) mass is 294 g/mol. The molecular weight excluding hydrogens is 283 g/mol. The first kappa shape index (κ1) is 12.6. The predicted molar refractivity (Wildman–Crippen MR) is 75.0 cm³/mol. The highest BCUT2D eigenvalue weighted by Gasteiger charge is 2.15. The van der Waals surface area contributed by atoms with Crippen molar-refractivity contribution in [2.75, 3.05) is 0 Å². The fourth-order valence-corrected chi connectivity index (χ4v) is 3.91. The molecule has 7 heteroatoms. The number of thiazole rings is 1. The average Bonchev–Trinajstić information content (AvgIpc) is 2.94. The molecule has 0 aliphatic heterocycles.